The first-order valence-electron chi connectivity index (χ1n) is 6.61. The van der Waals surface area contributed by atoms with E-state index < -0.39 is 0 Å². The summed E-state index contributed by atoms with van der Waals surface area (Å²) in [6.45, 7) is 2.31. The Morgan fingerprint density at radius 2 is 2.32 bits per heavy atom. The van der Waals surface area contributed by atoms with Gasteiger partial charge in [0.25, 0.3) is 0 Å². The lowest BCUT2D eigenvalue weighted by atomic mass is 10.2. The van der Waals surface area contributed by atoms with E-state index in [1.165, 1.54) is 0 Å². The Morgan fingerprint density at radius 1 is 1.42 bits per heavy atom. The molecule has 1 fully saturated rings. The fourth-order valence-electron chi connectivity index (χ4n) is 2.00. The van der Waals surface area contributed by atoms with Crippen LogP contribution >= 0.6 is 0 Å². The number of nitrogens with zero attached hydrogens (tertiary/aromatic N) is 2. The first-order chi connectivity index (χ1) is 9.33. The Morgan fingerprint density at radius 3 is 3.00 bits per heavy atom. The SMILES string of the molecule is COCCCNc1cc(OC)nc(C2CCCO2)n1. The topological polar surface area (TPSA) is 65.5 Å². The van der Waals surface area contributed by atoms with Gasteiger partial charge in [-0.05, 0) is 19.3 Å². The monoisotopic (exact) mass is 267 g/mol. The summed E-state index contributed by atoms with van der Waals surface area (Å²) in [5.41, 5.74) is 0. The molecule has 1 aliphatic rings. The Bertz CT molecular complexity index is 395. The van der Waals surface area contributed by atoms with E-state index in [4.69, 9.17) is 14.2 Å². The van der Waals surface area contributed by atoms with Crippen LogP contribution in [0.5, 0.6) is 5.88 Å². The molecule has 1 aromatic rings. The van der Waals surface area contributed by atoms with Crippen LogP contribution in [0.4, 0.5) is 5.82 Å². The summed E-state index contributed by atoms with van der Waals surface area (Å²) in [5.74, 6) is 2.04. The Labute approximate surface area is 113 Å². The normalized spacial score (nSPS) is 18.5. The predicted molar refractivity (Wildman–Crippen MR) is 71.5 cm³/mol. The molecule has 1 atom stereocenters. The van der Waals surface area contributed by atoms with E-state index in [2.05, 4.69) is 15.3 Å². The van der Waals surface area contributed by atoms with Crippen molar-refractivity contribution in [2.45, 2.75) is 25.4 Å². The number of nitrogens with one attached hydrogen (secondary N) is 1. The van der Waals surface area contributed by atoms with Crippen molar-refractivity contribution in [2.75, 3.05) is 39.3 Å². The molecule has 2 rings (SSSR count). The molecule has 0 aromatic carbocycles. The Hall–Kier alpha value is -1.40. The zero-order valence-corrected chi connectivity index (χ0v) is 11.5. The van der Waals surface area contributed by atoms with Gasteiger partial charge in [-0.3, -0.25) is 0 Å². The molecule has 2 heterocycles. The maximum atomic E-state index is 5.61. The standard InChI is InChI=1S/C13H21N3O3/c1-17-7-4-6-14-11-9-12(18-2)16-13(15-11)10-5-3-8-19-10/h9-10H,3-8H2,1-2H3,(H,14,15,16). The first kappa shape index (κ1) is 14.0. The zero-order valence-electron chi connectivity index (χ0n) is 11.5. The van der Waals surface area contributed by atoms with Crippen LogP contribution in [0.2, 0.25) is 0 Å². The average Bonchev–Trinajstić information content (AvgIpc) is 2.97. The van der Waals surface area contributed by atoms with Crippen LogP contribution in [0, 0.1) is 0 Å². The van der Waals surface area contributed by atoms with Crippen LogP contribution in [0.3, 0.4) is 0 Å². The molecule has 6 heteroatoms. The van der Waals surface area contributed by atoms with Crippen molar-refractivity contribution >= 4 is 5.82 Å². The molecule has 0 spiro atoms. The fraction of sp³-hybridized carbons (Fsp3) is 0.692. The molecule has 0 saturated carbocycles. The number of aromatic nitrogens is 2. The maximum Gasteiger partial charge on any atom is 0.218 e. The van der Waals surface area contributed by atoms with E-state index in [1.54, 1.807) is 20.3 Å². The van der Waals surface area contributed by atoms with Crippen LogP contribution in [0.1, 0.15) is 31.2 Å². The van der Waals surface area contributed by atoms with Crippen LogP contribution in [0.25, 0.3) is 0 Å². The van der Waals surface area contributed by atoms with E-state index in [0.29, 0.717) is 11.7 Å². The highest BCUT2D eigenvalue weighted by atomic mass is 16.5. The van der Waals surface area contributed by atoms with Gasteiger partial charge in [-0.1, -0.05) is 0 Å². The first-order valence-corrected chi connectivity index (χ1v) is 6.61. The number of ether oxygens (including phenoxy) is 3. The Kier molecular flexibility index (Phi) is 5.35. The third-order valence-corrected chi connectivity index (χ3v) is 2.98. The van der Waals surface area contributed by atoms with Gasteiger partial charge in [0.15, 0.2) is 5.82 Å². The number of anilines is 1. The summed E-state index contributed by atoms with van der Waals surface area (Å²) in [6, 6.07) is 1.80. The van der Waals surface area contributed by atoms with Gasteiger partial charge in [0, 0.05) is 32.9 Å². The third-order valence-electron chi connectivity index (χ3n) is 2.98. The highest BCUT2D eigenvalue weighted by molar-refractivity contribution is 5.38. The summed E-state index contributed by atoms with van der Waals surface area (Å²) in [6.07, 6.45) is 2.95. The maximum absolute atomic E-state index is 5.61. The largest absolute Gasteiger partial charge is 0.481 e. The van der Waals surface area contributed by atoms with E-state index in [-0.39, 0.29) is 6.10 Å². The lowest BCUT2D eigenvalue weighted by molar-refractivity contribution is 0.104. The smallest absolute Gasteiger partial charge is 0.218 e. The van der Waals surface area contributed by atoms with Gasteiger partial charge in [0.2, 0.25) is 5.88 Å². The number of methoxy groups -OCH3 is 2. The van der Waals surface area contributed by atoms with Gasteiger partial charge in [0.05, 0.1) is 7.11 Å². The van der Waals surface area contributed by atoms with Crippen LogP contribution in [0.15, 0.2) is 6.07 Å². The van der Waals surface area contributed by atoms with Gasteiger partial charge in [0.1, 0.15) is 11.9 Å². The highest BCUT2D eigenvalue weighted by Crippen LogP contribution is 2.28. The molecule has 1 N–H and O–H groups in total. The lowest BCUT2D eigenvalue weighted by Gasteiger charge is -2.12. The van der Waals surface area contributed by atoms with E-state index in [9.17, 15) is 0 Å². The fourth-order valence-corrected chi connectivity index (χ4v) is 2.00. The minimum absolute atomic E-state index is 0.00498. The molecule has 1 unspecified atom stereocenters. The minimum Gasteiger partial charge on any atom is -0.481 e. The van der Waals surface area contributed by atoms with Crippen molar-refractivity contribution in [1.82, 2.24) is 9.97 Å². The summed E-state index contributed by atoms with van der Waals surface area (Å²) in [4.78, 5) is 8.85. The van der Waals surface area contributed by atoms with Gasteiger partial charge in [-0.2, -0.15) is 4.98 Å². The van der Waals surface area contributed by atoms with Crippen LogP contribution < -0.4 is 10.1 Å². The van der Waals surface area contributed by atoms with Crippen LogP contribution in [-0.4, -0.2) is 43.9 Å². The third kappa shape index (κ3) is 4.04. The second-order valence-electron chi connectivity index (χ2n) is 4.43. The second-order valence-corrected chi connectivity index (χ2v) is 4.43. The van der Waals surface area contributed by atoms with E-state index >= 15 is 0 Å². The van der Waals surface area contributed by atoms with Gasteiger partial charge < -0.3 is 19.5 Å². The number of rotatable bonds is 7. The lowest BCUT2D eigenvalue weighted by Crippen LogP contribution is -2.10. The van der Waals surface area contributed by atoms with Crippen molar-refractivity contribution in [1.29, 1.82) is 0 Å². The van der Waals surface area contributed by atoms with Crippen molar-refractivity contribution in [3.8, 4) is 5.88 Å². The summed E-state index contributed by atoms with van der Waals surface area (Å²) in [7, 11) is 3.31. The van der Waals surface area contributed by atoms with Crippen LogP contribution in [-0.2, 0) is 9.47 Å². The zero-order chi connectivity index (χ0) is 13.5. The number of hydrogen-bond acceptors (Lipinski definition) is 6. The molecule has 1 aromatic heterocycles. The van der Waals surface area contributed by atoms with E-state index in [0.717, 1.165) is 44.8 Å². The molecular formula is C13H21N3O3. The quantitative estimate of drug-likeness (QED) is 0.760. The molecular weight excluding hydrogens is 246 g/mol. The summed E-state index contributed by atoms with van der Waals surface area (Å²) >= 11 is 0. The second kappa shape index (κ2) is 7.25. The molecule has 6 nitrogen and oxygen atoms in total. The van der Waals surface area contributed by atoms with Gasteiger partial charge in [-0.25, -0.2) is 4.98 Å². The molecule has 0 amide bonds. The molecule has 0 bridgehead atoms. The molecule has 1 aliphatic heterocycles. The average molecular weight is 267 g/mol. The predicted octanol–water partition coefficient (Wildman–Crippen LogP) is 1.79. The molecule has 106 valence electrons. The molecule has 0 aliphatic carbocycles. The van der Waals surface area contributed by atoms with Crippen molar-refractivity contribution in [3.63, 3.8) is 0 Å². The van der Waals surface area contributed by atoms with Crippen molar-refractivity contribution in [3.05, 3.63) is 11.9 Å². The molecule has 0 radical (unpaired) electrons. The van der Waals surface area contributed by atoms with Crippen molar-refractivity contribution in [2.24, 2.45) is 0 Å². The van der Waals surface area contributed by atoms with E-state index in [1.807, 2.05) is 0 Å². The summed E-state index contributed by atoms with van der Waals surface area (Å²) in [5, 5.41) is 3.25. The molecule has 19 heavy (non-hydrogen) atoms. The van der Waals surface area contributed by atoms with Gasteiger partial charge >= 0.3 is 0 Å². The van der Waals surface area contributed by atoms with Gasteiger partial charge in [-0.15, -0.1) is 0 Å². The van der Waals surface area contributed by atoms with Crippen molar-refractivity contribution < 1.29 is 14.2 Å². The number of hydrogen-bond donors (Lipinski definition) is 1. The molecule has 1 saturated heterocycles. The summed E-state index contributed by atoms with van der Waals surface area (Å²) < 4.78 is 15.8. The highest BCUT2D eigenvalue weighted by Gasteiger charge is 2.21. The minimum atomic E-state index is -0.00498. The Balaban J connectivity index is 2.02.